The molecule has 3 amide bonds. The molecule has 0 aliphatic carbocycles. The van der Waals surface area contributed by atoms with Crippen LogP contribution in [0.1, 0.15) is 31.4 Å². The van der Waals surface area contributed by atoms with Crippen molar-refractivity contribution >= 4 is 17.9 Å². The number of imide groups is 1. The minimum absolute atomic E-state index is 0.242. The molecule has 1 aromatic rings. The van der Waals surface area contributed by atoms with E-state index in [1.54, 1.807) is 11.9 Å². The molecule has 2 saturated heterocycles. The minimum Gasteiger partial charge on any atom is -0.340 e. The number of piperazine rings is 1. The quantitative estimate of drug-likeness (QED) is 0.776. The van der Waals surface area contributed by atoms with Crippen LogP contribution in [0, 0.1) is 12.8 Å². The summed E-state index contributed by atoms with van der Waals surface area (Å²) in [4.78, 5) is 38.1. The molecule has 0 spiro atoms. The fourth-order valence-electron chi connectivity index (χ4n) is 4.59. The van der Waals surface area contributed by atoms with Crippen molar-refractivity contribution in [2.45, 2.75) is 45.9 Å². The lowest BCUT2D eigenvalue weighted by Crippen LogP contribution is -2.64. The van der Waals surface area contributed by atoms with E-state index in [0.29, 0.717) is 5.92 Å². The predicted molar refractivity (Wildman–Crippen MR) is 121 cm³/mol. The Morgan fingerprint density at radius 2 is 1.90 bits per heavy atom. The highest BCUT2D eigenvalue weighted by atomic mass is 16.2. The summed E-state index contributed by atoms with van der Waals surface area (Å²) in [5.74, 6) is 1.15. The van der Waals surface area contributed by atoms with Crippen molar-refractivity contribution in [1.29, 1.82) is 0 Å². The molecule has 0 radical (unpaired) electrons. The molecular formula is C23H34N6O2. The standard InChI is InChI=1S/C23H34N6O2/c1-16(2)8-9-29-19-20(26(4)23(31)25-21(19)30)24-22(29)28-12-10-27(11-13-28)15-18-7-5-6-17(3)14-18/h5-7,14,16,19-20H,8-13,15H2,1-4H3,(H,25,30,31). The zero-order chi connectivity index (χ0) is 22.1. The second kappa shape index (κ2) is 8.86. The average Bonchev–Trinajstić information content (AvgIpc) is 3.11. The molecule has 2 unspecified atom stereocenters. The second-order valence-electron chi connectivity index (χ2n) is 9.32. The maximum Gasteiger partial charge on any atom is 0.325 e. The molecular weight excluding hydrogens is 392 g/mol. The Bertz CT molecular complexity index is 861. The van der Waals surface area contributed by atoms with Crippen LogP contribution in [0.25, 0.3) is 0 Å². The summed E-state index contributed by atoms with van der Waals surface area (Å²) in [6.45, 7) is 11.8. The van der Waals surface area contributed by atoms with Gasteiger partial charge < -0.3 is 14.7 Å². The number of carbonyl (C=O) groups is 2. The van der Waals surface area contributed by atoms with Crippen molar-refractivity contribution in [3.63, 3.8) is 0 Å². The molecule has 0 saturated carbocycles. The Balaban J connectivity index is 1.46. The van der Waals surface area contributed by atoms with E-state index < -0.39 is 12.2 Å². The summed E-state index contributed by atoms with van der Waals surface area (Å²) in [5, 5.41) is 2.49. The normalized spacial score (nSPS) is 24.5. The molecule has 2 atom stereocenters. The SMILES string of the molecule is Cc1cccc(CN2CCN(C3=NC4C(C(=O)NC(=O)N4C)N3CCC(C)C)CC2)c1. The van der Waals surface area contributed by atoms with Crippen molar-refractivity contribution in [2.75, 3.05) is 39.8 Å². The van der Waals surface area contributed by atoms with Crippen LogP contribution in [0.15, 0.2) is 29.3 Å². The van der Waals surface area contributed by atoms with Crippen LogP contribution in [0.2, 0.25) is 0 Å². The van der Waals surface area contributed by atoms with Crippen LogP contribution in [0.3, 0.4) is 0 Å². The molecule has 8 nitrogen and oxygen atoms in total. The molecule has 0 aromatic heterocycles. The van der Waals surface area contributed by atoms with Gasteiger partial charge in [-0.2, -0.15) is 0 Å². The molecule has 1 N–H and O–H groups in total. The van der Waals surface area contributed by atoms with Gasteiger partial charge in [-0.15, -0.1) is 0 Å². The van der Waals surface area contributed by atoms with Gasteiger partial charge in [0.15, 0.2) is 18.2 Å². The smallest absolute Gasteiger partial charge is 0.325 e. The summed E-state index contributed by atoms with van der Waals surface area (Å²) in [6, 6.07) is 7.86. The van der Waals surface area contributed by atoms with Crippen LogP contribution < -0.4 is 5.32 Å². The number of hydrogen-bond acceptors (Lipinski definition) is 6. The maximum atomic E-state index is 12.7. The van der Waals surface area contributed by atoms with Crippen molar-refractivity contribution < 1.29 is 9.59 Å². The van der Waals surface area contributed by atoms with Crippen molar-refractivity contribution in [3.05, 3.63) is 35.4 Å². The summed E-state index contributed by atoms with van der Waals surface area (Å²) in [7, 11) is 1.71. The van der Waals surface area contributed by atoms with E-state index in [4.69, 9.17) is 4.99 Å². The number of guanidine groups is 1. The van der Waals surface area contributed by atoms with Gasteiger partial charge in [0.25, 0.3) is 5.91 Å². The van der Waals surface area contributed by atoms with Crippen LogP contribution in [-0.4, -0.2) is 89.5 Å². The highest BCUT2D eigenvalue weighted by Crippen LogP contribution is 2.27. The zero-order valence-electron chi connectivity index (χ0n) is 19.0. The molecule has 2 fully saturated rings. The highest BCUT2D eigenvalue weighted by Gasteiger charge is 2.49. The molecule has 3 heterocycles. The third-order valence-electron chi connectivity index (χ3n) is 6.43. The molecule has 168 valence electrons. The summed E-state index contributed by atoms with van der Waals surface area (Å²) in [6.07, 6.45) is 0.522. The Morgan fingerprint density at radius 3 is 2.58 bits per heavy atom. The molecule has 0 bridgehead atoms. The van der Waals surface area contributed by atoms with Gasteiger partial charge in [-0.1, -0.05) is 43.7 Å². The summed E-state index contributed by atoms with van der Waals surface area (Å²) in [5.41, 5.74) is 2.63. The van der Waals surface area contributed by atoms with E-state index in [2.05, 4.69) is 65.1 Å². The minimum atomic E-state index is -0.450. The first-order valence-electron chi connectivity index (χ1n) is 11.3. The first-order chi connectivity index (χ1) is 14.8. The lowest BCUT2D eigenvalue weighted by molar-refractivity contribution is -0.127. The molecule has 1 aromatic carbocycles. The molecule has 4 rings (SSSR count). The van der Waals surface area contributed by atoms with E-state index in [0.717, 1.165) is 51.6 Å². The number of aryl methyl sites for hydroxylation is 1. The number of aliphatic imine (C=N–C) groups is 1. The number of likely N-dealkylation sites (N-methyl/N-ethyl adjacent to an activating group) is 1. The van der Waals surface area contributed by atoms with Crippen LogP contribution in [0.5, 0.6) is 0 Å². The lowest BCUT2D eigenvalue weighted by Gasteiger charge is -2.40. The average molecular weight is 427 g/mol. The number of amides is 3. The first-order valence-corrected chi connectivity index (χ1v) is 11.3. The van der Waals surface area contributed by atoms with Gasteiger partial charge >= 0.3 is 6.03 Å². The topological polar surface area (TPSA) is 71.5 Å². The number of nitrogens with zero attached hydrogens (tertiary/aromatic N) is 5. The number of urea groups is 1. The van der Waals surface area contributed by atoms with E-state index >= 15 is 0 Å². The summed E-state index contributed by atoms with van der Waals surface area (Å²) >= 11 is 0. The predicted octanol–water partition coefficient (Wildman–Crippen LogP) is 1.71. The van der Waals surface area contributed by atoms with Crippen LogP contribution >= 0.6 is 0 Å². The van der Waals surface area contributed by atoms with Gasteiger partial charge in [0, 0.05) is 46.3 Å². The van der Waals surface area contributed by atoms with Crippen molar-refractivity contribution in [3.8, 4) is 0 Å². The molecule has 3 aliphatic rings. The zero-order valence-corrected chi connectivity index (χ0v) is 19.0. The Morgan fingerprint density at radius 1 is 1.16 bits per heavy atom. The maximum absolute atomic E-state index is 12.7. The number of fused-ring (bicyclic) bond motifs is 1. The van der Waals surface area contributed by atoms with Gasteiger partial charge in [-0.25, -0.2) is 9.79 Å². The Hall–Kier alpha value is -2.61. The van der Waals surface area contributed by atoms with Crippen molar-refractivity contribution in [2.24, 2.45) is 10.9 Å². The number of benzene rings is 1. The summed E-state index contributed by atoms with van der Waals surface area (Å²) < 4.78 is 0. The number of nitrogens with one attached hydrogen (secondary N) is 1. The van der Waals surface area contributed by atoms with E-state index in [1.165, 1.54) is 11.1 Å². The first kappa shape index (κ1) is 21.6. The fraction of sp³-hybridized carbons (Fsp3) is 0.609. The van der Waals surface area contributed by atoms with E-state index in [9.17, 15) is 9.59 Å². The monoisotopic (exact) mass is 426 g/mol. The van der Waals surface area contributed by atoms with Gasteiger partial charge in [-0.3, -0.25) is 15.0 Å². The van der Waals surface area contributed by atoms with Crippen molar-refractivity contribution in [1.82, 2.24) is 24.9 Å². The van der Waals surface area contributed by atoms with Gasteiger partial charge in [0.05, 0.1) is 0 Å². The Kier molecular flexibility index (Phi) is 6.18. The molecule has 31 heavy (non-hydrogen) atoms. The Labute approximate surface area is 184 Å². The van der Waals surface area contributed by atoms with Gasteiger partial charge in [0.2, 0.25) is 0 Å². The van der Waals surface area contributed by atoms with Gasteiger partial charge in [0.1, 0.15) is 0 Å². The van der Waals surface area contributed by atoms with Crippen LogP contribution in [0.4, 0.5) is 4.79 Å². The third kappa shape index (κ3) is 4.54. The highest BCUT2D eigenvalue weighted by molar-refractivity contribution is 6.03. The molecule has 3 aliphatic heterocycles. The number of hydrogen-bond donors (Lipinski definition) is 1. The molecule has 8 heteroatoms. The number of rotatable bonds is 5. The largest absolute Gasteiger partial charge is 0.340 e. The number of carbonyl (C=O) groups excluding carboxylic acids is 2. The van der Waals surface area contributed by atoms with Gasteiger partial charge in [-0.05, 0) is 24.8 Å². The van der Waals surface area contributed by atoms with E-state index in [1.807, 2.05) is 0 Å². The second-order valence-corrected chi connectivity index (χ2v) is 9.32. The van der Waals surface area contributed by atoms with Crippen LogP contribution in [-0.2, 0) is 11.3 Å². The lowest BCUT2D eigenvalue weighted by atomic mass is 10.1. The van der Waals surface area contributed by atoms with E-state index in [-0.39, 0.29) is 11.9 Å². The third-order valence-corrected chi connectivity index (χ3v) is 6.43. The fourth-order valence-corrected chi connectivity index (χ4v) is 4.59.